The molecule has 0 aromatic heterocycles. The third kappa shape index (κ3) is 2.78. The summed E-state index contributed by atoms with van der Waals surface area (Å²) in [5.41, 5.74) is 4.97. The van der Waals surface area contributed by atoms with Gasteiger partial charge in [0.1, 0.15) is 0 Å². The Labute approximate surface area is 161 Å². The number of halogens is 1. The van der Waals surface area contributed by atoms with Crippen molar-refractivity contribution < 1.29 is 0 Å². The molecule has 3 nitrogen and oxygen atoms in total. The van der Waals surface area contributed by atoms with Crippen LogP contribution in [0.1, 0.15) is 11.1 Å². The normalized spacial score (nSPS) is 12.4. The first kappa shape index (κ1) is 16.4. The number of benzene rings is 3. The van der Waals surface area contributed by atoms with Crippen LogP contribution in [-0.4, -0.2) is 20.1 Å². The van der Waals surface area contributed by atoms with Gasteiger partial charge in [0.05, 0.1) is 5.69 Å². The van der Waals surface area contributed by atoms with Gasteiger partial charge in [0.25, 0.3) is 0 Å². The van der Waals surface area contributed by atoms with Gasteiger partial charge in [0, 0.05) is 28.7 Å². The summed E-state index contributed by atoms with van der Waals surface area (Å²) in [4.78, 5) is 3.90. The zero-order chi connectivity index (χ0) is 17.6. The fourth-order valence-corrected chi connectivity index (χ4v) is 4.20. The largest absolute Gasteiger partial charge is 0.315 e. The van der Waals surface area contributed by atoms with Crippen LogP contribution in [0.5, 0.6) is 0 Å². The van der Waals surface area contributed by atoms with E-state index < -0.39 is 0 Å². The van der Waals surface area contributed by atoms with Crippen molar-refractivity contribution in [3.05, 3.63) is 69.3 Å². The van der Waals surface area contributed by atoms with Gasteiger partial charge in [-0.25, -0.2) is 0 Å². The molecule has 126 valence electrons. The molecule has 0 saturated heterocycles. The van der Waals surface area contributed by atoms with E-state index in [1.54, 1.807) is 0 Å². The second kappa shape index (κ2) is 6.33. The third-order valence-electron chi connectivity index (χ3n) is 5.05. The molecule has 4 heteroatoms. The molecule has 1 aliphatic rings. The van der Waals surface area contributed by atoms with Crippen LogP contribution in [-0.2, 0) is 12.8 Å². The van der Waals surface area contributed by atoms with Crippen molar-refractivity contribution in [1.29, 1.82) is 5.41 Å². The van der Waals surface area contributed by atoms with E-state index in [1.165, 1.54) is 25.5 Å². The second-order valence-electron chi connectivity index (χ2n) is 6.51. The summed E-state index contributed by atoms with van der Waals surface area (Å²) in [6, 6.07) is 19.2. The molecule has 0 saturated carbocycles. The Morgan fingerprint density at radius 3 is 2.40 bits per heavy atom. The Kier molecular flexibility index (Phi) is 4.15. The van der Waals surface area contributed by atoms with Crippen molar-refractivity contribution in [1.82, 2.24) is 0 Å². The fourth-order valence-electron chi connectivity index (χ4n) is 3.67. The van der Waals surface area contributed by atoms with Gasteiger partial charge in [-0.1, -0.05) is 30.3 Å². The van der Waals surface area contributed by atoms with Gasteiger partial charge < -0.3 is 9.80 Å². The number of aryl methyl sites for hydroxylation is 2. The zero-order valence-corrected chi connectivity index (χ0v) is 16.5. The van der Waals surface area contributed by atoms with Gasteiger partial charge in [0.2, 0.25) is 5.96 Å². The zero-order valence-electron chi connectivity index (χ0n) is 14.4. The number of anilines is 2. The predicted octanol–water partition coefficient (Wildman–Crippen LogP) is 5.05. The molecule has 0 fully saturated rings. The molecule has 0 bridgehead atoms. The van der Waals surface area contributed by atoms with Crippen LogP contribution in [0.3, 0.4) is 0 Å². The number of hydrogen-bond donors (Lipinski definition) is 1. The topological polar surface area (TPSA) is 30.3 Å². The molecular weight excluding hydrogens is 421 g/mol. The lowest BCUT2D eigenvalue weighted by Gasteiger charge is -2.29. The minimum Gasteiger partial charge on any atom is -0.315 e. The Hall–Kier alpha value is -2.08. The summed E-state index contributed by atoms with van der Waals surface area (Å²) >= 11 is 2.31. The molecule has 0 amide bonds. The van der Waals surface area contributed by atoms with E-state index in [2.05, 4.69) is 65.1 Å². The third-order valence-corrected chi connectivity index (χ3v) is 5.72. The van der Waals surface area contributed by atoms with Gasteiger partial charge in [-0.3, -0.25) is 5.41 Å². The van der Waals surface area contributed by atoms with Gasteiger partial charge in [-0.15, -0.1) is 0 Å². The predicted molar refractivity (Wildman–Crippen MR) is 115 cm³/mol. The van der Waals surface area contributed by atoms with Crippen LogP contribution < -0.4 is 9.80 Å². The number of nitrogens with one attached hydrogen (secondary N) is 1. The molecule has 1 aliphatic carbocycles. The molecule has 0 unspecified atom stereocenters. The highest BCUT2D eigenvalue weighted by atomic mass is 127. The molecule has 0 heterocycles. The second-order valence-corrected chi connectivity index (χ2v) is 7.75. The number of hydrogen-bond acceptors (Lipinski definition) is 1. The summed E-state index contributed by atoms with van der Waals surface area (Å²) < 4.78 is 1.17. The quantitative estimate of drug-likeness (QED) is 0.343. The molecule has 1 N–H and O–H groups in total. The van der Waals surface area contributed by atoms with Gasteiger partial charge >= 0.3 is 0 Å². The molecule has 3 aromatic rings. The lowest BCUT2D eigenvalue weighted by molar-refractivity contribution is 1.02. The van der Waals surface area contributed by atoms with E-state index >= 15 is 0 Å². The van der Waals surface area contributed by atoms with Crippen LogP contribution in [0.15, 0.2) is 54.6 Å². The van der Waals surface area contributed by atoms with E-state index in [-0.39, 0.29) is 0 Å². The Balaban J connectivity index is 1.73. The summed E-state index contributed by atoms with van der Waals surface area (Å²) in [6.07, 6.45) is 2.25. The van der Waals surface area contributed by atoms with Crippen LogP contribution in [0.4, 0.5) is 11.4 Å². The summed E-state index contributed by atoms with van der Waals surface area (Å²) in [5.74, 6) is 0.459. The van der Waals surface area contributed by atoms with Crippen molar-refractivity contribution in [3.63, 3.8) is 0 Å². The standard InChI is InChI=1S/C21H20IN3/c1-24(17-7-4-6-16(22)13-17)21(23)25(2)19-12-11-15-10-9-14-5-3-8-18(19)20(14)15/h3-8,11-13,23H,9-10H2,1-2H3. The van der Waals surface area contributed by atoms with Crippen molar-refractivity contribution in [2.75, 3.05) is 23.9 Å². The molecule has 0 radical (unpaired) electrons. The average Bonchev–Trinajstić information content (AvgIpc) is 3.05. The molecule has 0 atom stereocenters. The summed E-state index contributed by atoms with van der Waals surface area (Å²) in [7, 11) is 3.93. The number of guanidine groups is 1. The van der Waals surface area contributed by atoms with Crippen molar-refractivity contribution in [3.8, 4) is 0 Å². The monoisotopic (exact) mass is 441 g/mol. The highest BCUT2D eigenvalue weighted by molar-refractivity contribution is 14.1. The van der Waals surface area contributed by atoms with Gasteiger partial charge in [-0.05, 0) is 76.2 Å². The highest BCUT2D eigenvalue weighted by Gasteiger charge is 2.20. The lowest BCUT2D eigenvalue weighted by atomic mass is 10.0. The minimum absolute atomic E-state index is 0.459. The fraction of sp³-hybridized carbons (Fsp3) is 0.190. The first-order chi connectivity index (χ1) is 12.1. The van der Waals surface area contributed by atoms with Crippen LogP contribution in [0.25, 0.3) is 10.8 Å². The lowest BCUT2D eigenvalue weighted by Crippen LogP contribution is -2.39. The Morgan fingerprint density at radius 1 is 0.920 bits per heavy atom. The van der Waals surface area contributed by atoms with Crippen LogP contribution in [0.2, 0.25) is 0 Å². The maximum absolute atomic E-state index is 8.69. The van der Waals surface area contributed by atoms with E-state index in [1.807, 2.05) is 36.0 Å². The Morgan fingerprint density at radius 2 is 1.64 bits per heavy atom. The minimum atomic E-state index is 0.459. The van der Waals surface area contributed by atoms with E-state index in [0.29, 0.717) is 5.96 Å². The maximum atomic E-state index is 8.69. The van der Waals surface area contributed by atoms with Crippen LogP contribution >= 0.6 is 22.6 Å². The highest BCUT2D eigenvalue weighted by Crippen LogP contribution is 2.36. The van der Waals surface area contributed by atoms with E-state index in [4.69, 9.17) is 5.41 Å². The van der Waals surface area contributed by atoms with Gasteiger partial charge in [0.15, 0.2) is 0 Å². The maximum Gasteiger partial charge on any atom is 0.202 e. The average molecular weight is 441 g/mol. The van der Waals surface area contributed by atoms with E-state index in [0.717, 1.165) is 24.2 Å². The molecule has 3 aromatic carbocycles. The van der Waals surface area contributed by atoms with Crippen molar-refractivity contribution in [2.45, 2.75) is 12.8 Å². The van der Waals surface area contributed by atoms with Crippen molar-refractivity contribution >= 4 is 50.7 Å². The Bertz CT molecular complexity index is 970. The van der Waals surface area contributed by atoms with E-state index in [9.17, 15) is 0 Å². The summed E-state index contributed by atoms with van der Waals surface area (Å²) in [6.45, 7) is 0. The first-order valence-electron chi connectivity index (χ1n) is 8.41. The van der Waals surface area contributed by atoms with Gasteiger partial charge in [-0.2, -0.15) is 0 Å². The van der Waals surface area contributed by atoms with Crippen LogP contribution in [0, 0.1) is 8.98 Å². The molecule has 25 heavy (non-hydrogen) atoms. The molecule has 0 aliphatic heterocycles. The molecule has 0 spiro atoms. The smallest absolute Gasteiger partial charge is 0.202 e. The number of nitrogens with zero attached hydrogens (tertiary/aromatic N) is 2. The number of rotatable bonds is 2. The first-order valence-corrected chi connectivity index (χ1v) is 9.49. The molecule has 4 rings (SSSR count). The SMILES string of the molecule is CN(C(=N)N(C)c1ccc2c3c(cccc13)CC2)c1cccc(I)c1. The van der Waals surface area contributed by atoms with Crippen molar-refractivity contribution in [2.24, 2.45) is 0 Å². The summed E-state index contributed by atoms with van der Waals surface area (Å²) in [5, 5.41) is 11.3. The molecular formula is C21H20IN3.